The molecule has 2 aromatic heterocycles. The van der Waals surface area contributed by atoms with Gasteiger partial charge in [-0.15, -0.1) is 0 Å². The molecule has 0 aromatic carbocycles. The van der Waals surface area contributed by atoms with Gasteiger partial charge in [0.05, 0.1) is 13.2 Å². The number of rotatable bonds is 7. The Morgan fingerprint density at radius 3 is 3.00 bits per heavy atom. The molecule has 0 unspecified atom stereocenters. The van der Waals surface area contributed by atoms with Crippen molar-refractivity contribution in [3.05, 3.63) is 30.2 Å². The van der Waals surface area contributed by atoms with Crippen molar-refractivity contribution in [1.29, 1.82) is 0 Å². The van der Waals surface area contributed by atoms with Gasteiger partial charge in [0.25, 0.3) is 0 Å². The standard InChI is InChI=1S/C13H19N5O/c1-3-9-19-12-10-11(2)16-13(17-12)14-6-8-18-7-4-5-15-18/h4-5,7,10H,3,6,8-9H2,1-2H3,(H,14,16,17). The molecule has 0 fully saturated rings. The number of anilines is 1. The molecule has 0 saturated heterocycles. The van der Waals surface area contributed by atoms with Crippen molar-refractivity contribution in [3.8, 4) is 5.88 Å². The quantitative estimate of drug-likeness (QED) is 0.824. The topological polar surface area (TPSA) is 64.9 Å². The summed E-state index contributed by atoms with van der Waals surface area (Å²) in [7, 11) is 0. The third-order valence-corrected chi connectivity index (χ3v) is 2.47. The Kier molecular flexibility index (Phi) is 4.72. The van der Waals surface area contributed by atoms with Gasteiger partial charge in [-0.2, -0.15) is 10.1 Å². The molecule has 2 heterocycles. The lowest BCUT2D eigenvalue weighted by molar-refractivity contribution is 0.305. The van der Waals surface area contributed by atoms with Gasteiger partial charge in [0.1, 0.15) is 0 Å². The van der Waals surface area contributed by atoms with Crippen LogP contribution in [0.15, 0.2) is 24.5 Å². The second kappa shape index (κ2) is 6.72. The fourth-order valence-electron chi connectivity index (χ4n) is 1.61. The van der Waals surface area contributed by atoms with Crippen molar-refractivity contribution in [3.63, 3.8) is 0 Å². The van der Waals surface area contributed by atoms with E-state index in [1.807, 2.05) is 29.9 Å². The molecule has 0 bridgehead atoms. The first-order valence-electron chi connectivity index (χ1n) is 6.47. The van der Waals surface area contributed by atoms with E-state index >= 15 is 0 Å². The monoisotopic (exact) mass is 261 g/mol. The summed E-state index contributed by atoms with van der Waals surface area (Å²) in [4.78, 5) is 8.64. The van der Waals surface area contributed by atoms with Gasteiger partial charge in [-0.25, -0.2) is 4.98 Å². The predicted molar refractivity (Wildman–Crippen MR) is 73.3 cm³/mol. The molecule has 2 rings (SSSR count). The highest BCUT2D eigenvalue weighted by Crippen LogP contribution is 2.12. The second-order valence-electron chi connectivity index (χ2n) is 4.22. The number of aromatic nitrogens is 4. The summed E-state index contributed by atoms with van der Waals surface area (Å²) in [6.45, 7) is 6.16. The number of nitrogens with zero attached hydrogens (tertiary/aromatic N) is 4. The normalized spacial score (nSPS) is 10.4. The highest BCUT2D eigenvalue weighted by Gasteiger charge is 2.02. The number of ether oxygens (including phenoxy) is 1. The molecule has 102 valence electrons. The van der Waals surface area contributed by atoms with Crippen LogP contribution in [0.2, 0.25) is 0 Å². The molecule has 1 N–H and O–H groups in total. The summed E-state index contributed by atoms with van der Waals surface area (Å²) < 4.78 is 7.38. The highest BCUT2D eigenvalue weighted by molar-refractivity contribution is 5.30. The maximum Gasteiger partial charge on any atom is 0.226 e. The highest BCUT2D eigenvalue weighted by atomic mass is 16.5. The smallest absolute Gasteiger partial charge is 0.226 e. The molecule has 2 aromatic rings. The van der Waals surface area contributed by atoms with Gasteiger partial charge in [-0.05, 0) is 19.4 Å². The van der Waals surface area contributed by atoms with Crippen molar-refractivity contribution in [2.45, 2.75) is 26.8 Å². The van der Waals surface area contributed by atoms with Crippen molar-refractivity contribution in [1.82, 2.24) is 19.7 Å². The van der Waals surface area contributed by atoms with E-state index in [0.717, 1.165) is 25.2 Å². The Bertz CT molecular complexity index is 498. The zero-order chi connectivity index (χ0) is 13.5. The second-order valence-corrected chi connectivity index (χ2v) is 4.22. The van der Waals surface area contributed by atoms with Crippen molar-refractivity contribution in [2.75, 3.05) is 18.5 Å². The van der Waals surface area contributed by atoms with Crippen LogP contribution in [0.4, 0.5) is 5.95 Å². The molecule has 19 heavy (non-hydrogen) atoms. The Morgan fingerprint density at radius 1 is 1.37 bits per heavy atom. The third-order valence-electron chi connectivity index (χ3n) is 2.47. The number of hydrogen-bond donors (Lipinski definition) is 1. The molecular formula is C13H19N5O. The van der Waals surface area contributed by atoms with Gasteiger partial charge in [0, 0.05) is 30.7 Å². The third kappa shape index (κ3) is 4.24. The van der Waals surface area contributed by atoms with Crippen LogP contribution in [0.25, 0.3) is 0 Å². The first-order chi connectivity index (χ1) is 9.28. The van der Waals surface area contributed by atoms with Crippen LogP contribution >= 0.6 is 0 Å². The molecule has 0 aliphatic heterocycles. The summed E-state index contributed by atoms with van der Waals surface area (Å²) in [6.07, 6.45) is 4.65. The zero-order valence-corrected chi connectivity index (χ0v) is 11.3. The molecule has 0 amide bonds. The zero-order valence-electron chi connectivity index (χ0n) is 11.3. The molecule has 0 atom stereocenters. The van der Waals surface area contributed by atoms with Crippen LogP contribution in [0, 0.1) is 6.92 Å². The fraction of sp³-hybridized carbons (Fsp3) is 0.462. The molecule has 0 radical (unpaired) electrons. The van der Waals surface area contributed by atoms with Crippen LogP contribution in [0.1, 0.15) is 19.0 Å². The van der Waals surface area contributed by atoms with Crippen LogP contribution in [0.5, 0.6) is 5.88 Å². The number of nitrogens with one attached hydrogen (secondary N) is 1. The molecular weight excluding hydrogens is 242 g/mol. The lowest BCUT2D eigenvalue weighted by atomic mass is 10.4. The molecule has 6 nitrogen and oxygen atoms in total. The van der Waals surface area contributed by atoms with Gasteiger partial charge in [0.15, 0.2) is 0 Å². The fourth-order valence-corrected chi connectivity index (χ4v) is 1.61. The van der Waals surface area contributed by atoms with Crippen molar-refractivity contribution >= 4 is 5.95 Å². The molecule has 0 spiro atoms. The Morgan fingerprint density at radius 2 is 2.26 bits per heavy atom. The van der Waals surface area contributed by atoms with E-state index in [-0.39, 0.29) is 0 Å². The van der Waals surface area contributed by atoms with Crippen molar-refractivity contribution < 1.29 is 4.74 Å². The lowest BCUT2D eigenvalue weighted by Gasteiger charge is -2.09. The summed E-state index contributed by atoms with van der Waals surface area (Å²) in [6, 6.07) is 3.74. The van der Waals surface area contributed by atoms with Gasteiger partial charge in [-0.3, -0.25) is 4.68 Å². The SMILES string of the molecule is CCCOc1cc(C)nc(NCCn2cccn2)n1. The average Bonchev–Trinajstić information content (AvgIpc) is 2.89. The van der Waals surface area contributed by atoms with Crippen LogP contribution in [-0.2, 0) is 6.54 Å². The lowest BCUT2D eigenvalue weighted by Crippen LogP contribution is -2.13. The summed E-state index contributed by atoms with van der Waals surface area (Å²) >= 11 is 0. The minimum absolute atomic E-state index is 0.596. The van der Waals surface area contributed by atoms with E-state index in [1.165, 1.54) is 0 Å². The minimum atomic E-state index is 0.596. The molecule has 0 aliphatic carbocycles. The van der Waals surface area contributed by atoms with E-state index in [4.69, 9.17) is 4.74 Å². The maximum absolute atomic E-state index is 5.52. The summed E-state index contributed by atoms with van der Waals surface area (Å²) in [5.74, 6) is 1.22. The predicted octanol–water partition coefficient (Wildman–Crippen LogP) is 1.88. The van der Waals surface area contributed by atoms with Gasteiger partial charge in [0.2, 0.25) is 11.8 Å². The van der Waals surface area contributed by atoms with Gasteiger partial charge < -0.3 is 10.1 Å². The minimum Gasteiger partial charge on any atom is -0.478 e. The first kappa shape index (κ1) is 13.3. The van der Waals surface area contributed by atoms with Crippen LogP contribution in [-0.4, -0.2) is 32.9 Å². The van der Waals surface area contributed by atoms with E-state index in [0.29, 0.717) is 18.4 Å². The van der Waals surface area contributed by atoms with E-state index < -0.39 is 0 Å². The molecule has 0 saturated carbocycles. The largest absolute Gasteiger partial charge is 0.478 e. The first-order valence-corrected chi connectivity index (χ1v) is 6.47. The van der Waals surface area contributed by atoms with E-state index in [9.17, 15) is 0 Å². The number of aryl methyl sites for hydroxylation is 1. The average molecular weight is 261 g/mol. The van der Waals surface area contributed by atoms with E-state index in [1.54, 1.807) is 6.20 Å². The molecule has 0 aliphatic rings. The van der Waals surface area contributed by atoms with E-state index in [2.05, 4.69) is 27.3 Å². The Hall–Kier alpha value is -2.11. The van der Waals surface area contributed by atoms with Crippen LogP contribution in [0.3, 0.4) is 0 Å². The Balaban J connectivity index is 1.90. The Labute approximate surface area is 112 Å². The summed E-state index contributed by atoms with van der Waals surface area (Å²) in [5, 5.41) is 7.31. The van der Waals surface area contributed by atoms with Gasteiger partial charge in [-0.1, -0.05) is 6.92 Å². The van der Waals surface area contributed by atoms with Crippen LogP contribution < -0.4 is 10.1 Å². The van der Waals surface area contributed by atoms with Crippen molar-refractivity contribution in [2.24, 2.45) is 0 Å². The maximum atomic E-state index is 5.52. The molecule has 6 heteroatoms. The van der Waals surface area contributed by atoms with Gasteiger partial charge >= 0.3 is 0 Å². The number of hydrogen-bond acceptors (Lipinski definition) is 5. The summed E-state index contributed by atoms with van der Waals surface area (Å²) in [5.41, 5.74) is 0.891.